The van der Waals surface area contributed by atoms with Crippen LogP contribution >= 0.6 is 33.9 Å². The first kappa shape index (κ1) is 27.7. The number of nitro groups is 1. The molecule has 1 aromatic heterocycles. The van der Waals surface area contributed by atoms with Gasteiger partial charge in [0, 0.05) is 29.4 Å². The minimum Gasteiger partial charge on any atom is -0.258 e. The molecule has 1 unspecified atom stereocenters. The first-order valence-electron chi connectivity index (χ1n) is 12.4. The van der Waals surface area contributed by atoms with Gasteiger partial charge in [-0.3, -0.25) is 10.1 Å². The lowest BCUT2D eigenvalue weighted by molar-refractivity contribution is -0.384. The third kappa shape index (κ3) is 5.71. The van der Waals surface area contributed by atoms with Gasteiger partial charge in [-0.25, -0.2) is 4.98 Å². The lowest BCUT2D eigenvalue weighted by Crippen LogP contribution is -2.26. The van der Waals surface area contributed by atoms with Crippen LogP contribution in [0.25, 0.3) is 0 Å². The predicted octanol–water partition coefficient (Wildman–Crippen LogP) is 9.30. The normalized spacial score (nSPS) is 11.9. The minimum atomic E-state index is -0.926. The summed E-state index contributed by atoms with van der Waals surface area (Å²) in [4.78, 5) is 16.0. The monoisotopic (exact) mass is 623 g/mol. The van der Waals surface area contributed by atoms with Crippen LogP contribution in [0.4, 0.5) is 5.69 Å². The molecule has 40 heavy (non-hydrogen) atoms. The molecule has 196 valence electrons. The molecule has 0 saturated carbocycles. The van der Waals surface area contributed by atoms with Gasteiger partial charge >= 0.3 is 0 Å². The molecule has 0 aliphatic heterocycles. The summed E-state index contributed by atoms with van der Waals surface area (Å²) in [5.74, 6) is 0. The van der Waals surface area contributed by atoms with Crippen molar-refractivity contribution in [2.24, 2.45) is 0 Å². The van der Waals surface area contributed by atoms with E-state index in [0.717, 1.165) is 10.5 Å². The van der Waals surface area contributed by atoms with Crippen LogP contribution in [0.1, 0.15) is 27.8 Å². The van der Waals surface area contributed by atoms with E-state index < -0.39 is 16.7 Å². The molecule has 0 bridgehead atoms. The molecule has 0 radical (unpaired) electrons. The Morgan fingerprint density at radius 1 is 0.850 bits per heavy atom. The molecular weight excluding hydrogens is 601 g/mol. The van der Waals surface area contributed by atoms with Gasteiger partial charge in [-0.2, -0.15) is 5.26 Å². The van der Waals surface area contributed by atoms with E-state index in [0.29, 0.717) is 16.8 Å². The molecule has 5 rings (SSSR count). The second-order valence-electron chi connectivity index (χ2n) is 8.99. The number of halogens is 1. The summed E-state index contributed by atoms with van der Waals surface area (Å²) in [5.41, 5.74) is 5.02. The Morgan fingerprint density at radius 2 is 1.35 bits per heavy atom. The van der Waals surface area contributed by atoms with Crippen LogP contribution in [-0.2, 0) is 11.3 Å². The van der Waals surface area contributed by atoms with Gasteiger partial charge in [0.2, 0.25) is 0 Å². The number of nitriles is 1. The fourth-order valence-corrected chi connectivity index (χ4v) is 10.3. The van der Waals surface area contributed by atoms with E-state index in [2.05, 4.69) is 99.3 Å². The zero-order chi connectivity index (χ0) is 28.0. The van der Waals surface area contributed by atoms with Gasteiger partial charge < -0.3 is 0 Å². The van der Waals surface area contributed by atoms with Gasteiger partial charge in [-0.05, 0) is 47.1 Å². The van der Waals surface area contributed by atoms with Gasteiger partial charge in [-0.1, -0.05) is 118 Å². The first-order chi connectivity index (χ1) is 19.5. The van der Waals surface area contributed by atoms with Gasteiger partial charge in [0.15, 0.2) is 0 Å². The summed E-state index contributed by atoms with van der Waals surface area (Å²) < 4.78 is 0. The Morgan fingerprint density at radius 3 is 1.80 bits per heavy atom. The highest BCUT2D eigenvalue weighted by molar-refractivity contribution is 9.39. The zero-order valence-corrected chi connectivity index (χ0v) is 24.5. The molecule has 4 aromatic carbocycles. The van der Waals surface area contributed by atoms with Crippen molar-refractivity contribution in [2.45, 2.75) is 21.2 Å². The highest BCUT2D eigenvalue weighted by atomic mass is 79.9. The van der Waals surface area contributed by atoms with Crippen LogP contribution in [-0.4, -0.2) is 9.91 Å². The number of nitro benzene ring substituents is 1. The predicted molar refractivity (Wildman–Crippen MR) is 165 cm³/mol. The van der Waals surface area contributed by atoms with Gasteiger partial charge in [0.1, 0.15) is 11.1 Å². The van der Waals surface area contributed by atoms with Gasteiger partial charge in [0.05, 0.1) is 15.6 Å². The van der Waals surface area contributed by atoms with Crippen molar-refractivity contribution in [3.8, 4) is 6.07 Å². The summed E-state index contributed by atoms with van der Waals surface area (Å²) in [6.45, 7) is -0.926. The molecule has 1 heterocycles. The van der Waals surface area contributed by atoms with E-state index in [1.165, 1.54) is 40.6 Å². The Hall–Kier alpha value is -3.82. The Bertz CT molecular complexity index is 1550. The first-order valence-corrected chi connectivity index (χ1v) is 16.8. The van der Waals surface area contributed by atoms with Crippen LogP contribution < -0.4 is 0 Å². The summed E-state index contributed by atoms with van der Waals surface area (Å²) in [6, 6.07) is 42.1. The molecule has 0 saturated heterocycles. The Labute approximate surface area is 246 Å². The lowest BCUT2D eigenvalue weighted by Gasteiger charge is -2.40. The number of benzene rings is 4. The lowest BCUT2D eigenvalue weighted by atomic mass is 9.84. The van der Waals surface area contributed by atoms with Crippen LogP contribution in [0.2, 0.25) is 0 Å². The smallest absolute Gasteiger partial charge is 0.258 e. The number of aromatic nitrogens is 1. The van der Waals surface area contributed by atoms with Crippen LogP contribution in [0.5, 0.6) is 0 Å². The van der Waals surface area contributed by atoms with Crippen molar-refractivity contribution in [2.75, 3.05) is 0 Å². The van der Waals surface area contributed by atoms with Crippen LogP contribution in [0.15, 0.2) is 137 Å². The summed E-state index contributed by atoms with van der Waals surface area (Å²) in [5, 5.41) is 21.1. The number of hydrogen-bond acceptors (Lipinski definition) is 5. The molecule has 0 fully saturated rings. The van der Waals surface area contributed by atoms with E-state index in [9.17, 15) is 15.4 Å². The van der Waals surface area contributed by atoms with E-state index in [1.54, 1.807) is 12.1 Å². The SMILES string of the molecule is N#Cc1cc(CP(Br)C(c2ccccc2)(c2ccccc2)c2ccccc2)cnc1Sc1ccc([N+](=O)[O-])cc1. The Balaban J connectivity index is 1.53. The highest BCUT2D eigenvalue weighted by Gasteiger charge is 2.42. The fraction of sp³-hybridized carbons (Fsp3) is 0.0625. The van der Waals surface area contributed by atoms with Crippen LogP contribution in [0.3, 0.4) is 0 Å². The molecule has 0 aliphatic rings. The summed E-state index contributed by atoms with van der Waals surface area (Å²) in [7, 11) is 0. The average molecular weight is 625 g/mol. The third-order valence-electron chi connectivity index (χ3n) is 6.55. The number of rotatable bonds is 9. The van der Waals surface area contributed by atoms with Crippen molar-refractivity contribution in [3.05, 3.63) is 165 Å². The quantitative estimate of drug-likeness (QED) is 0.0707. The minimum absolute atomic E-state index is 0.0255. The molecule has 0 spiro atoms. The zero-order valence-electron chi connectivity index (χ0n) is 21.2. The number of hydrogen-bond donors (Lipinski definition) is 0. The fourth-order valence-electron chi connectivity index (χ4n) is 4.73. The van der Waals surface area contributed by atoms with Crippen molar-refractivity contribution >= 4 is 39.6 Å². The number of non-ortho nitro benzene ring substituents is 1. The third-order valence-corrected chi connectivity index (χ3v) is 12.1. The van der Waals surface area contributed by atoms with E-state index in [1.807, 2.05) is 30.5 Å². The number of nitrogens with zero attached hydrogens (tertiary/aromatic N) is 3. The van der Waals surface area contributed by atoms with Crippen LogP contribution in [0, 0.1) is 21.4 Å². The molecule has 5 aromatic rings. The van der Waals surface area contributed by atoms with E-state index in [4.69, 9.17) is 0 Å². The maximum Gasteiger partial charge on any atom is 0.269 e. The molecular formula is C32H23BrN3O2PS. The maximum absolute atomic E-state index is 11.0. The second-order valence-corrected chi connectivity index (χ2v) is 14.3. The molecule has 0 aliphatic carbocycles. The van der Waals surface area contributed by atoms with Crippen molar-refractivity contribution in [1.29, 1.82) is 5.26 Å². The van der Waals surface area contributed by atoms with Gasteiger partial charge in [-0.15, -0.1) is 0 Å². The molecule has 0 amide bonds. The second kappa shape index (κ2) is 12.6. The van der Waals surface area contributed by atoms with Gasteiger partial charge in [0.25, 0.3) is 5.69 Å². The molecule has 0 N–H and O–H groups in total. The molecule has 1 atom stereocenters. The molecule has 5 nitrogen and oxygen atoms in total. The number of pyridine rings is 1. The van der Waals surface area contributed by atoms with E-state index >= 15 is 0 Å². The Kier molecular flexibility index (Phi) is 8.72. The topological polar surface area (TPSA) is 79.8 Å². The standard InChI is InChI=1S/C32H23BrN3O2PS/c33-39(23-24-20-25(21-34)31(35-22-24)40-30-18-16-29(17-19-30)36(37)38)32(26-10-4-1-5-11-26,27-12-6-2-7-13-27)28-14-8-3-9-15-28/h1-20,22H,23H2. The van der Waals surface area contributed by atoms with E-state index in [-0.39, 0.29) is 5.69 Å². The molecule has 8 heteroatoms. The highest BCUT2D eigenvalue weighted by Crippen LogP contribution is 2.69. The summed E-state index contributed by atoms with van der Waals surface area (Å²) in [6.07, 6.45) is 2.51. The maximum atomic E-state index is 11.0. The largest absolute Gasteiger partial charge is 0.269 e. The van der Waals surface area contributed by atoms with Crippen molar-refractivity contribution in [3.63, 3.8) is 0 Å². The summed E-state index contributed by atoms with van der Waals surface area (Å²) >= 11 is 5.50. The van der Waals surface area contributed by atoms with Crippen molar-refractivity contribution < 1.29 is 4.92 Å². The average Bonchev–Trinajstić information content (AvgIpc) is 3.00. The van der Waals surface area contributed by atoms with Crippen molar-refractivity contribution in [1.82, 2.24) is 4.98 Å².